The molecule has 10 nitrogen and oxygen atoms in total. The van der Waals surface area contributed by atoms with Crippen molar-refractivity contribution in [3.05, 3.63) is 76.8 Å². The summed E-state index contributed by atoms with van der Waals surface area (Å²) < 4.78 is 10.6. The predicted octanol–water partition coefficient (Wildman–Crippen LogP) is 0.790. The number of ether oxygens (including phenoxy) is 2. The molecule has 0 saturated heterocycles. The van der Waals surface area contributed by atoms with Gasteiger partial charge >= 0.3 is 5.97 Å². The second-order valence-electron chi connectivity index (χ2n) is 7.93. The van der Waals surface area contributed by atoms with Gasteiger partial charge in [0.1, 0.15) is 36.2 Å². The first kappa shape index (κ1) is 21.1. The lowest BCUT2D eigenvalue weighted by atomic mass is 9.67. The van der Waals surface area contributed by atoms with E-state index in [1.807, 2.05) is 0 Å². The summed E-state index contributed by atoms with van der Waals surface area (Å²) >= 11 is 0. The van der Waals surface area contributed by atoms with Gasteiger partial charge in [-0.15, -0.1) is 0 Å². The number of esters is 1. The number of methoxy groups -OCH3 is 1. The van der Waals surface area contributed by atoms with Crippen LogP contribution in [0.15, 0.2) is 71.2 Å². The molecule has 3 aliphatic rings. The van der Waals surface area contributed by atoms with E-state index in [-0.39, 0.29) is 23.6 Å². The van der Waals surface area contributed by atoms with E-state index in [2.05, 4.69) is 6.07 Å². The second-order valence-corrected chi connectivity index (χ2v) is 7.93. The number of nitrogens with zero attached hydrogens (tertiary/aromatic N) is 3. The van der Waals surface area contributed by atoms with Crippen molar-refractivity contribution in [3.63, 3.8) is 0 Å². The average molecular weight is 457 g/mol. The summed E-state index contributed by atoms with van der Waals surface area (Å²) in [7, 11) is 1.53. The smallest absolute Gasteiger partial charge is 0.338 e. The number of nitrogens with two attached hydrogens (primary N) is 2. The zero-order valence-corrected chi connectivity index (χ0v) is 18.1. The van der Waals surface area contributed by atoms with E-state index in [1.165, 1.54) is 16.9 Å². The molecule has 5 rings (SSSR count). The molecule has 34 heavy (non-hydrogen) atoms. The number of nitriles is 1. The lowest BCUT2D eigenvalue weighted by molar-refractivity contribution is -0.137. The van der Waals surface area contributed by atoms with Crippen LogP contribution in [0.2, 0.25) is 0 Å². The Bertz CT molecular complexity index is 1370. The van der Waals surface area contributed by atoms with Crippen molar-refractivity contribution < 1.29 is 23.9 Å². The average Bonchev–Trinajstić information content (AvgIpc) is 3.32. The number of amides is 2. The topological polar surface area (TPSA) is 152 Å². The quantitative estimate of drug-likeness (QED) is 0.639. The Balaban J connectivity index is 1.82. The molecule has 0 unspecified atom stereocenters. The van der Waals surface area contributed by atoms with Gasteiger partial charge in [-0.3, -0.25) is 14.5 Å². The fourth-order valence-electron chi connectivity index (χ4n) is 4.93. The highest BCUT2D eigenvalue weighted by Gasteiger charge is 2.64. The van der Waals surface area contributed by atoms with Crippen LogP contribution in [0.4, 0.5) is 11.4 Å². The van der Waals surface area contributed by atoms with Crippen LogP contribution >= 0.6 is 0 Å². The van der Waals surface area contributed by atoms with E-state index >= 15 is 0 Å². The third-order valence-corrected chi connectivity index (χ3v) is 6.27. The molecule has 1 spiro atoms. The minimum Gasteiger partial charge on any atom is -0.497 e. The monoisotopic (exact) mass is 457 g/mol. The zero-order valence-electron chi connectivity index (χ0n) is 18.1. The number of fused-ring (bicyclic) bond motifs is 3. The standard InChI is InChI=1S/C24H19N5O5/c1-33-14-8-6-13(7-9-14)29-18-12-34-22(31)20(18)24(16(10-25)21(29)27)15-4-2-3-5-17(15)28(23(24)32)11-19(26)30/h2-9H,11-12,27H2,1H3,(H2,26,30)/t24-/m0/s1. The summed E-state index contributed by atoms with van der Waals surface area (Å²) in [5.41, 5.74) is 11.6. The molecule has 0 aromatic heterocycles. The van der Waals surface area contributed by atoms with E-state index in [4.69, 9.17) is 20.9 Å². The molecule has 3 heterocycles. The normalized spacial score (nSPS) is 20.9. The Morgan fingerprint density at radius 1 is 1.21 bits per heavy atom. The van der Waals surface area contributed by atoms with Crippen LogP contribution in [0.1, 0.15) is 5.56 Å². The fraction of sp³-hybridized carbons (Fsp3) is 0.167. The van der Waals surface area contributed by atoms with E-state index in [0.29, 0.717) is 28.4 Å². The third-order valence-electron chi connectivity index (χ3n) is 6.27. The summed E-state index contributed by atoms with van der Waals surface area (Å²) in [4.78, 5) is 41.6. The van der Waals surface area contributed by atoms with Crippen LogP contribution < -0.4 is 26.0 Å². The highest BCUT2D eigenvalue weighted by molar-refractivity contribution is 6.21. The first-order valence-corrected chi connectivity index (χ1v) is 10.3. The maximum absolute atomic E-state index is 14.0. The van der Waals surface area contributed by atoms with Crippen LogP contribution in [0.25, 0.3) is 0 Å². The molecule has 0 aliphatic carbocycles. The molecule has 1 atom stereocenters. The van der Waals surface area contributed by atoms with Crippen molar-refractivity contribution in [1.29, 1.82) is 5.26 Å². The summed E-state index contributed by atoms with van der Waals surface area (Å²) in [6.45, 7) is -0.567. The molecule has 2 amide bonds. The first-order valence-electron chi connectivity index (χ1n) is 10.3. The molecule has 0 saturated carbocycles. The van der Waals surface area contributed by atoms with Crippen LogP contribution in [0, 0.1) is 11.3 Å². The molecule has 0 bridgehead atoms. The Labute approximate surface area is 194 Å². The lowest BCUT2D eigenvalue weighted by Gasteiger charge is -2.38. The highest BCUT2D eigenvalue weighted by Crippen LogP contribution is 2.56. The summed E-state index contributed by atoms with van der Waals surface area (Å²) in [5, 5.41) is 10.3. The van der Waals surface area contributed by atoms with Gasteiger partial charge in [0, 0.05) is 16.9 Å². The van der Waals surface area contributed by atoms with Crippen molar-refractivity contribution in [2.24, 2.45) is 11.5 Å². The second kappa shape index (κ2) is 7.38. The van der Waals surface area contributed by atoms with Gasteiger partial charge in [-0.2, -0.15) is 5.26 Å². The van der Waals surface area contributed by atoms with E-state index in [0.717, 1.165) is 0 Å². The largest absolute Gasteiger partial charge is 0.497 e. The van der Waals surface area contributed by atoms with Gasteiger partial charge in [-0.05, 0) is 30.3 Å². The van der Waals surface area contributed by atoms with Gasteiger partial charge in [0.2, 0.25) is 11.8 Å². The number of hydrogen-bond acceptors (Lipinski definition) is 8. The van der Waals surface area contributed by atoms with Gasteiger partial charge in [-0.25, -0.2) is 4.79 Å². The molecule has 0 fully saturated rings. The molecule has 2 aromatic rings. The number of primary amides is 1. The predicted molar refractivity (Wildman–Crippen MR) is 120 cm³/mol. The number of rotatable bonds is 4. The molecule has 4 N–H and O–H groups in total. The SMILES string of the molecule is COc1ccc(N2C(N)=C(C#N)[C@]3(C(=O)N(CC(N)=O)c4ccccc43)C3=C2COC3=O)cc1. The van der Waals surface area contributed by atoms with Gasteiger partial charge in [0.15, 0.2) is 0 Å². The van der Waals surface area contributed by atoms with Crippen molar-refractivity contribution >= 4 is 29.2 Å². The number of carbonyl (C=O) groups is 3. The van der Waals surface area contributed by atoms with E-state index < -0.39 is 29.7 Å². The highest BCUT2D eigenvalue weighted by atomic mass is 16.5. The van der Waals surface area contributed by atoms with Crippen LogP contribution in [-0.4, -0.2) is 38.0 Å². The molecule has 0 radical (unpaired) electrons. The number of hydrogen-bond donors (Lipinski definition) is 2. The molecule has 10 heteroatoms. The van der Waals surface area contributed by atoms with Crippen LogP contribution in [0.5, 0.6) is 5.75 Å². The van der Waals surface area contributed by atoms with Gasteiger partial charge < -0.3 is 25.8 Å². The maximum Gasteiger partial charge on any atom is 0.338 e. The zero-order chi connectivity index (χ0) is 24.2. The Morgan fingerprint density at radius 2 is 1.91 bits per heavy atom. The minimum absolute atomic E-state index is 0.00140. The number of anilines is 2. The third kappa shape index (κ3) is 2.58. The van der Waals surface area contributed by atoms with E-state index in [9.17, 15) is 19.6 Å². The molecule has 170 valence electrons. The summed E-state index contributed by atoms with van der Waals surface area (Å²) in [5.74, 6) is -1.55. The minimum atomic E-state index is -1.85. The number of carbonyl (C=O) groups excluding carboxylic acids is 3. The van der Waals surface area contributed by atoms with Crippen LogP contribution in [-0.2, 0) is 24.5 Å². The lowest BCUT2D eigenvalue weighted by Crippen LogP contribution is -2.51. The van der Waals surface area contributed by atoms with Crippen molar-refractivity contribution in [1.82, 2.24) is 0 Å². The maximum atomic E-state index is 14.0. The van der Waals surface area contributed by atoms with Crippen molar-refractivity contribution in [3.8, 4) is 11.8 Å². The molecule has 3 aliphatic heterocycles. The first-order chi connectivity index (χ1) is 16.4. The van der Waals surface area contributed by atoms with Gasteiger partial charge in [-0.1, -0.05) is 18.2 Å². The molecular weight excluding hydrogens is 438 g/mol. The Hall–Kier alpha value is -4.78. The number of cyclic esters (lactones) is 1. The summed E-state index contributed by atoms with van der Waals surface area (Å²) in [6, 6.07) is 15.6. The number of benzene rings is 2. The van der Waals surface area contributed by atoms with Crippen molar-refractivity contribution in [2.75, 3.05) is 30.1 Å². The fourth-order valence-corrected chi connectivity index (χ4v) is 4.93. The molecule has 2 aromatic carbocycles. The van der Waals surface area contributed by atoms with Crippen molar-refractivity contribution in [2.45, 2.75) is 5.41 Å². The Kier molecular flexibility index (Phi) is 4.58. The number of para-hydroxylation sites is 1. The van der Waals surface area contributed by atoms with Crippen LogP contribution in [0.3, 0.4) is 0 Å². The summed E-state index contributed by atoms with van der Waals surface area (Å²) in [6.07, 6.45) is 0. The Morgan fingerprint density at radius 3 is 2.56 bits per heavy atom. The van der Waals surface area contributed by atoms with E-state index in [1.54, 1.807) is 48.5 Å². The van der Waals surface area contributed by atoms with Gasteiger partial charge in [0.05, 0.1) is 24.0 Å². The molecular formula is C24H19N5O5. The van der Waals surface area contributed by atoms with Gasteiger partial charge in [0.25, 0.3) is 0 Å².